The number of benzene rings is 2. The van der Waals surface area contributed by atoms with Gasteiger partial charge >= 0.3 is 23.9 Å². The highest BCUT2D eigenvalue weighted by Gasteiger charge is 2.14. The van der Waals surface area contributed by atoms with Gasteiger partial charge in [-0.2, -0.15) is 0 Å². The van der Waals surface area contributed by atoms with Crippen molar-refractivity contribution in [2.45, 2.75) is 25.2 Å². The summed E-state index contributed by atoms with van der Waals surface area (Å²) in [6.45, 7) is 0.971. The van der Waals surface area contributed by atoms with Gasteiger partial charge in [-0.1, -0.05) is 60.7 Å². The van der Waals surface area contributed by atoms with Gasteiger partial charge in [0, 0.05) is 37.2 Å². The summed E-state index contributed by atoms with van der Waals surface area (Å²) in [5.41, 5.74) is 3.94. The fraction of sp³-hybridized carbons (Fsp3) is 0.240. The van der Waals surface area contributed by atoms with E-state index in [1.807, 2.05) is 13.2 Å². The summed E-state index contributed by atoms with van der Waals surface area (Å²) in [6, 6.07) is 21.5. The average molecular weight is 500 g/mol. The second-order valence-electron chi connectivity index (χ2n) is 7.34. The highest BCUT2D eigenvalue weighted by atomic mass is 16.4. The number of nitrogens with one attached hydrogen (secondary N) is 2. The highest BCUT2D eigenvalue weighted by molar-refractivity contribution is 6.27. The van der Waals surface area contributed by atoms with Crippen LogP contribution in [-0.4, -0.2) is 67.9 Å². The first kappa shape index (κ1) is 29.5. The van der Waals surface area contributed by atoms with Gasteiger partial charge in [-0.15, -0.1) is 0 Å². The fourth-order valence-electron chi connectivity index (χ4n) is 3.10. The number of aryl methyl sites for hydroxylation is 1. The van der Waals surface area contributed by atoms with Crippen LogP contribution in [0, 0.1) is 0 Å². The van der Waals surface area contributed by atoms with Crippen molar-refractivity contribution < 1.29 is 39.6 Å². The van der Waals surface area contributed by atoms with Gasteiger partial charge in [-0.05, 0) is 24.6 Å². The van der Waals surface area contributed by atoms with Gasteiger partial charge in [0.05, 0.1) is 0 Å². The summed E-state index contributed by atoms with van der Waals surface area (Å²) in [4.78, 5) is 44.4. The summed E-state index contributed by atoms with van der Waals surface area (Å²) in [5.74, 6) is -5.81. The molecule has 0 unspecified atom stereocenters. The van der Waals surface area contributed by atoms with Crippen molar-refractivity contribution in [2.75, 3.05) is 13.6 Å². The second-order valence-corrected chi connectivity index (χ2v) is 7.34. The Balaban J connectivity index is 0.000000450. The second kappa shape index (κ2) is 16.2. The van der Waals surface area contributed by atoms with Crippen LogP contribution in [0.5, 0.6) is 0 Å². The van der Waals surface area contributed by atoms with E-state index in [4.69, 9.17) is 39.6 Å². The molecule has 1 heterocycles. The Labute approximate surface area is 207 Å². The van der Waals surface area contributed by atoms with E-state index in [1.165, 1.54) is 16.8 Å². The Morgan fingerprint density at radius 2 is 1.22 bits per heavy atom. The molecule has 3 rings (SSSR count). The lowest BCUT2D eigenvalue weighted by molar-refractivity contribution is -0.159. The van der Waals surface area contributed by atoms with E-state index in [0.717, 1.165) is 31.6 Å². The number of aromatic amines is 1. The molecule has 0 fully saturated rings. The molecule has 11 heteroatoms. The zero-order valence-corrected chi connectivity index (χ0v) is 19.6. The van der Waals surface area contributed by atoms with Gasteiger partial charge < -0.3 is 30.7 Å². The number of carbonyl (C=O) groups is 4. The van der Waals surface area contributed by atoms with Crippen LogP contribution in [0.25, 0.3) is 0 Å². The van der Waals surface area contributed by atoms with E-state index >= 15 is 0 Å². The fourth-order valence-corrected chi connectivity index (χ4v) is 3.10. The molecule has 0 aliphatic rings. The number of carboxylic acids is 4. The third kappa shape index (κ3) is 11.6. The molecule has 0 amide bonds. The van der Waals surface area contributed by atoms with Crippen molar-refractivity contribution in [1.29, 1.82) is 0 Å². The molecule has 192 valence electrons. The van der Waals surface area contributed by atoms with E-state index in [9.17, 15) is 0 Å². The Kier molecular flexibility index (Phi) is 13.3. The monoisotopic (exact) mass is 499 g/mol. The molecule has 0 radical (unpaired) electrons. The number of hydrogen-bond acceptors (Lipinski definition) is 6. The molecule has 0 aliphatic carbocycles. The molecular formula is C25H29N3O8. The molecule has 36 heavy (non-hydrogen) atoms. The van der Waals surface area contributed by atoms with Gasteiger partial charge in [0.2, 0.25) is 0 Å². The average Bonchev–Trinajstić information content (AvgIpc) is 3.32. The van der Waals surface area contributed by atoms with E-state index in [2.05, 4.69) is 75.9 Å². The van der Waals surface area contributed by atoms with Gasteiger partial charge in [0.1, 0.15) is 5.82 Å². The maximum absolute atomic E-state index is 9.10. The molecule has 0 saturated heterocycles. The Bertz CT molecular complexity index is 1010. The first-order valence-corrected chi connectivity index (χ1v) is 10.8. The predicted molar refractivity (Wildman–Crippen MR) is 130 cm³/mol. The van der Waals surface area contributed by atoms with Gasteiger partial charge in [0.25, 0.3) is 0 Å². The van der Waals surface area contributed by atoms with Crippen LogP contribution in [0.2, 0.25) is 0 Å². The molecule has 0 aliphatic heterocycles. The van der Waals surface area contributed by atoms with E-state index in [1.54, 1.807) is 0 Å². The third-order valence-electron chi connectivity index (χ3n) is 4.77. The van der Waals surface area contributed by atoms with Crippen LogP contribution in [-0.2, 0) is 32.0 Å². The van der Waals surface area contributed by atoms with Crippen molar-refractivity contribution in [3.8, 4) is 0 Å². The lowest BCUT2D eigenvalue weighted by atomic mass is 9.87. The summed E-state index contributed by atoms with van der Waals surface area (Å²) in [5, 5.41) is 32.7. The molecule has 11 nitrogen and oxygen atoms in total. The molecular weight excluding hydrogens is 470 g/mol. The van der Waals surface area contributed by atoms with E-state index in [0.29, 0.717) is 5.92 Å². The normalized spacial score (nSPS) is 9.83. The SMILES string of the molecule is CNCCc1cnc(CCC(c2ccccc2)c2ccccc2)[nH]1.O=C(O)C(=O)O.O=C(O)C(=O)O. The molecule has 1 aromatic heterocycles. The lowest BCUT2D eigenvalue weighted by Gasteiger charge is -2.17. The minimum Gasteiger partial charge on any atom is -0.473 e. The number of likely N-dealkylation sites (N-methyl/N-ethyl adjacent to an activating group) is 1. The van der Waals surface area contributed by atoms with Gasteiger partial charge in [-0.25, -0.2) is 24.2 Å². The zero-order valence-electron chi connectivity index (χ0n) is 19.6. The van der Waals surface area contributed by atoms with Crippen LogP contribution in [0.1, 0.15) is 35.0 Å². The van der Waals surface area contributed by atoms with Crippen molar-refractivity contribution in [3.63, 3.8) is 0 Å². The van der Waals surface area contributed by atoms with E-state index < -0.39 is 23.9 Å². The van der Waals surface area contributed by atoms with E-state index in [-0.39, 0.29) is 0 Å². The van der Waals surface area contributed by atoms with Crippen molar-refractivity contribution in [3.05, 3.63) is 89.5 Å². The van der Waals surface area contributed by atoms with Crippen LogP contribution in [0.3, 0.4) is 0 Å². The number of rotatable bonds is 8. The summed E-state index contributed by atoms with van der Waals surface area (Å²) < 4.78 is 0. The quantitative estimate of drug-likeness (QED) is 0.251. The molecule has 6 N–H and O–H groups in total. The minimum atomic E-state index is -1.82. The topological polar surface area (TPSA) is 190 Å². The van der Waals surface area contributed by atoms with Crippen LogP contribution in [0.15, 0.2) is 66.9 Å². The maximum atomic E-state index is 9.10. The Morgan fingerprint density at radius 3 is 1.61 bits per heavy atom. The summed E-state index contributed by atoms with van der Waals surface area (Å²) >= 11 is 0. The number of aromatic nitrogens is 2. The number of hydrogen-bond donors (Lipinski definition) is 6. The maximum Gasteiger partial charge on any atom is 0.414 e. The lowest BCUT2D eigenvalue weighted by Crippen LogP contribution is -2.10. The predicted octanol–water partition coefficient (Wildman–Crippen LogP) is 2.25. The van der Waals surface area contributed by atoms with Crippen molar-refractivity contribution >= 4 is 23.9 Å². The van der Waals surface area contributed by atoms with Crippen molar-refractivity contribution in [2.24, 2.45) is 0 Å². The zero-order chi connectivity index (χ0) is 26.9. The first-order chi connectivity index (χ1) is 17.1. The number of imidazole rings is 1. The standard InChI is InChI=1S/C21H25N3.2C2H2O4/c1-22-15-14-19-16-23-21(24-19)13-12-20(17-8-4-2-5-9-17)18-10-6-3-7-11-18;2*3-1(4)2(5)6/h2-11,16,20,22H,12-15H2,1H3,(H,23,24);2*(H,3,4)(H,5,6). The first-order valence-electron chi connectivity index (χ1n) is 10.8. The molecule has 2 aromatic carbocycles. The molecule has 0 saturated carbocycles. The number of aliphatic carboxylic acids is 4. The number of nitrogens with zero attached hydrogens (tertiary/aromatic N) is 1. The van der Waals surface area contributed by atoms with Crippen LogP contribution in [0.4, 0.5) is 0 Å². The Hall–Kier alpha value is -4.51. The molecule has 0 atom stereocenters. The van der Waals surface area contributed by atoms with Crippen LogP contribution >= 0.6 is 0 Å². The summed E-state index contributed by atoms with van der Waals surface area (Å²) in [7, 11) is 1.97. The van der Waals surface area contributed by atoms with Gasteiger partial charge in [0.15, 0.2) is 0 Å². The summed E-state index contributed by atoms with van der Waals surface area (Å²) in [6.07, 6.45) is 4.96. The third-order valence-corrected chi connectivity index (χ3v) is 4.77. The van der Waals surface area contributed by atoms with Gasteiger partial charge in [-0.3, -0.25) is 0 Å². The van der Waals surface area contributed by atoms with Crippen molar-refractivity contribution in [1.82, 2.24) is 15.3 Å². The number of H-pyrrole nitrogens is 1. The molecule has 3 aromatic rings. The smallest absolute Gasteiger partial charge is 0.414 e. The minimum absolute atomic E-state index is 0.401. The number of carboxylic acid groups (broad SMARTS) is 4. The Morgan fingerprint density at radius 1 is 0.778 bits per heavy atom. The van der Waals surface area contributed by atoms with Crippen LogP contribution < -0.4 is 5.32 Å². The highest BCUT2D eigenvalue weighted by Crippen LogP contribution is 2.28. The largest absolute Gasteiger partial charge is 0.473 e. The molecule has 0 spiro atoms. The molecule has 0 bridgehead atoms.